The van der Waals surface area contributed by atoms with E-state index in [1.807, 2.05) is 17.0 Å². The van der Waals surface area contributed by atoms with E-state index < -0.39 is 0 Å². The Kier molecular flexibility index (Phi) is 2.61. The first-order valence-electron chi connectivity index (χ1n) is 5.04. The molecule has 0 atom stereocenters. The maximum atomic E-state index is 10.9. The van der Waals surface area contributed by atoms with Crippen molar-refractivity contribution in [2.24, 2.45) is 11.1 Å². The van der Waals surface area contributed by atoms with Gasteiger partial charge in [0.25, 0.3) is 0 Å². The van der Waals surface area contributed by atoms with Crippen LogP contribution in [0.25, 0.3) is 0 Å². The van der Waals surface area contributed by atoms with Gasteiger partial charge in [-0.15, -0.1) is 0 Å². The maximum absolute atomic E-state index is 10.9. The van der Waals surface area contributed by atoms with Crippen LogP contribution in [0.5, 0.6) is 0 Å². The van der Waals surface area contributed by atoms with Gasteiger partial charge in [-0.1, -0.05) is 12.2 Å². The molecule has 1 aromatic heterocycles. The van der Waals surface area contributed by atoms with E-state index in [4.69, 9.17) is 18.0 Å². The van der Waals surface area contributed by atoms with Crippen molar-refractivity contribution in [2.75, 3.05) is 0 Å². The molecular weight excluding hydrogens is 208 g/mol. The molecule has 0 bridgehead atoms. The van der Waals surface area contributed by atoms with Gasteiger partial charge in [0.05, 0.1) is 4.99 Å². The first kappa shape index (κ1) is 10.4. The number of rotatable bonds is 4. The molecule has 0 aliphatic heterocycles. The first-order valence-corrected chi connectivity index (χ1v) is 5.45. The highest BCUT2D eigenvalue weighted by molar-refractivity contribution is 7.80. The molecule has 0 amide bonds. The number of nitrogens with two attached hydrogens (primary N) is 1. The van der Waals surface area contributed by atoms with Crippen LogP contribution in [-0.2, 0) is 6.54 Å². The summed E-state index contributed by atoms with van der Waals surface area (Å²) in [6.07, 6.45) is 6.81. The Hall–Kier alpha value is -1.16. The van der Waals surface area contributed by atoms with Crippen LogP contribution < -0.4 is 11.2 Å². The van der Waals surface area contributed by atoms with Gasteiger partial charge in [-0.2, -0.15) is 0 Å². The van der Waals surface area contributed by atoms with Gasteiger partial charge in [-0.3, -0.25) is 4.79 Å². The van der Waals surface area contributed by atoms with Crippen LogP contribution in [0.15, 0.2) is 29.3 Å². The average Bonchev–Trinajstić information content (AvgIpc) is 2.88. The van der Waals surface area contributed by atoms with Crippen molar-refractivity contribution in [3.63, 3.8) is 0 Å². The summed E-state index contributed by atoms with van der Waals surface area (Å²) in [6, 6.07) is 3.16. The van der Waals surface area contributed by atoms with Crippen molar-refractivity contribution in [3.05, 3.63) is 34.7 Å². The van der Waals surface area contributed by atoms with Crippen molar-refractivity contribution < 1.29 is 0 Å². The summed E-state index contributed by atoms with van der Waals surface area (Å²) in [4.78, 5) is 11.5. The molecule has 0 aromatic carbocycles. The highest BCUT2D eigenvalue weighted by Gasteiger charge is 2.42. The molecule has 2 N–H and O–H groups in total. The van der Waals surface area contributed by atoms with Crippen LogP contribution in [0, 0.1) is 5.41 Å². The van der Waals surface area contributed by atoms with Crippen LogP contribution in [0.4, 0.5) is 0 Å². The Labute approximate surface area is 93.9 Å². The minimum Gasteiger partial charge on any atom is -0.393 e. The van der Waals surface area contributed by atoms with Gasteiger partial charge in [0.2, 0.25) is 0 Å². The quantitative estimate of drug-likeness (QED) is 0.781. The lowest BCUT2D eigenvalue weighted by atomic mass is 10.0. The van der Waals surface area contributed by atoms with E-state index in [-0.39, 0.29) is 10.8 Å². The zero-order valence-electron chi connectivity index (χ0n) is 8.48. The molecule has 2 rings (SSSR count). The van der Waals surface area contributed by atoms with E-state index in [1.54, 1.807) is 12.1 Å². The predicted octanol–water partition coefficient (Wildman–Crippen LogP) is 1.30. The first-order chi connectivity index (χ1) is 7.10. The van der Waals surface area contributed by atoms with Crippen molar-refractivity contribution in [1.29, 1.82) is 0 Å². The van der Waals surface area contributed by atoms with E-state index in [9.17, 15) is 4.79 Å². The monoisotopic (exact) mass is 222 g/mol. The van der Waals surface area contributed by atoms with Gasteiger partial charge in [-0.05, 0) is 18.3 Å². The summed E-state index contributed by atoms with van der Waals surface area (Å²) >= 11 is 4.94. The molecule has 0 radical (unpaired) electrons. The standard InChI is InChI=1S/C11H14N2OS/c12-10(15)7-11(3-4-11)8-13-5-1-9(14)2-6-13/h1-2,5-6H,3-4,7-8H2,(H2,12,15). The van der Waals surface area contributed by atoms with Gasteiger partial charge in [0.15, 0.2) is 5.43 Å². The molecule has 4 heteroatoms. The van der Waals surface area contributed by atoms with E-state index in [0.29, 0.717) is 4.99 Å². The molecule has 1 aliphatic rings. The van der Waals surface area contributed by atoms with E-state index in [0.717, 1.165) is 13.0 Å². The van der Waals surface area contributed by atoms with E-state index >= 15 is 0 Å². The zero-order chi connectivity index (χ0) is 10.9. The Morgan fingerprint density at radius 2 is 2.07 bits per heavy atom. The van der Waals surface area contributed by atoms with Crippen LogP contribution in [0.3, 0.4) is 0 Å². The molecule has 80 valence electrons. The number of thiocarbonyl (C=S) groups is 1. The highest BCUT2D eigenvalue weighted by atomic mass is 32.1. The van der Waals surface area contributed by atoms with E-state index in [1.165, 1.54) is 12.8 Å². The molecule has 3 nitrogen and oxygen atoms in total. The van der Waals surface area contributed by atoms with Gasteiger partial charge < -0.3 is 10.3 Å². The summed E-state index contributed by atoms with van der Waals surface area (Å²) in [5, 5.41) is 0. The zero-order valence-corrected chi connectivity index (χ0v) is 9.30. The van der Waals surface area contributed by atoms with Crippen molar-refractivity contribution in [1.82, 2.24) is 4.57 Å². The molecular formula is C11H14N2OS. The molecule has 1 aliphatic carbocycles. The minimum absolute atomic E-state index is 0.0467. The van der Waals surface area contributed by atoms with Crippen LogP contribution in [0.1, 0.15) is 19.3 Å². The number of aromatic nitrogens is 1. The Morgan fingerprint density at radius 1 is 1.47 bits per heavy atom. The van der Waals surface area contributed by atoms with Gasteiger partial charge in [0.1, 0.15) is 0 Å². The van der Waals surface area contributed by atoms with Gasteiger partial charge in [0, 0.05) is 37.5 Å². The lowest BCUT2D eigenvalue weighted by Crippen LogP contribution is -2.20. The smallest absolute Gasteiger partial charge is 0.181 e. The molecule has 0 saturated heterocycles. The second-order valence-corrected chi connectivity index (χ2v) is 4.87. The van der Waals surface area contributed by atoms with Crippen molar-refractivity contribution in [2.45, 2.75) is 25.8 Å². The summed E-state index contributed by atoms with van der Waals surface area (Å²) in [5.74, 6) is 0. The van der Waals surface area contributed by atoms with Crippen molar-refractivity contribution >= 4 is 17.2 Å². The number of hydrogen-bond acceptors (Lipinski definition) is 2. The van der Waals surface area contributed by atoms with Crippen LogP contribution in [-0.4, -0.2) is 9.56 Å². The topological polar surface area (TPSA) is 48.0 Å². The van der Waals surface area contributed by atoms with Crippen molar-refractivity contribution in [3.8, 4) is 0 Å². The second-order valence-electron chi connectivity index (χ2n) is 4.35. The van der Waals surface area contributed by atoms with Crippen LogP contribution in [0.2, 0.25) is 0 Å². The molecule has 0 unspecified atom stereocenters. The lowest BCUT2D eigenvalue weighted by Gasteiger charge is -2.16. The molecule has 1 fully saturated rings. The fourth-order valence-electron chi connectivity index (χ4n) is 1.87. The normalized spacial score (nSPS) is 17.3. The average molecular weight is 222 g/mol. The largest absolute Gasteiger partial charge is 0.393 e. The SMILES string of the molecule is NC(=S)CC1(Cn2ccc(=O)cc2)CC1. The summed E-state index contributed by atoms with van der Waals surface area (Å²) < 4.78 is 2.03. The third-order valence-electron chi connectivity index (χ3n) is 2.88. The fraction of sp³-hybridized carbons (Fsp3) is 0.455. The number of nitrogens with zero attached hydrogens (tertiary/aromatic N) is 1. The Morgan fingerprint density at radius 3 is 2.53 bits per heavy atom. The molecule has 0 spiro atoms. The number of pyridine rings is 1. The van der Waals surface area contributed by atoms with Gasteiger partial charge in [-0.25, -0.2) is 0 Å². The Balaban J connectivity index is 2.05. The number of hydrogen-bond donors (Lipinski definition) is 1. The van der Waals surface area contributed by atoms with Gasteiger partial charge >= 0.3 is 0 Å². The minimum atomic E-state index is 0.0467. The van der Waals surface area contributed by atoms with Crippen LogP contribution >= 0.6 is 12.2 Å². The summed E-state index contributed by atoms with van der Waals surface area (Å²) in [5.41, 5.74) is 5.88. The third kappa shape index (κ3) is 2.65. The fourth-order valence-corrected chi connectivity index (χ4v) is 2.18. The summed E-state index contributed by atoms with van der Waals surface area (Å²) in [6.45, 7) is 0.907. The lowest BCUT2D eigenvalue weighted by molar-refractivity contribution is 0.437. The maximum Gasteiger partial charge on any atom is 0.181 e. The molecule has 1 aromatic rings. The summed E-state index contributed by atoms with van der Waals surface area (Å²) in [7, 11) is 0. The Bertz CT molecular complexity index is 414. The molecule has 1 saturated carbocycles. The molecule has 15 heavy (non-hydrogen) atoms. The van der Waals surface area contributed by atoms with E-state index in [2.05, 4.69) is 0 Å². The second kappa shape index (κ2) is 3.77. The predicted molar refractivity (Wildman–Crippen MR) is 63.8 cm³/mol. The molecule has 1 heterocycles. The third-order valence-corrected chi connectivity index (χ3v) is 3.03. The highest BCUT2D eigenvalue weighted by Crippen LogP contribution is 2.50.